The van der Waals surface area contributed by atoms with Gasteiger partial charge in [-0.2, -0.15) is 0 Å². The van der Waals surface area contributed by atoms with Gasteiger partial charge in [-0.25, -0.2) is 4.98 Å². The lowest BCUT2D eigenvalue weighted by Gasteiger charge is -2.29. The number of carbonyl (C=O) groups is 2. The van der Waals surface area contributed by atoms with E-state index in [0.29, 0.717) is 23.3 Å². The van der Waals surface area contributed by atoms with Crippen LogP contribution in [0.25, 0.3) is 0 Å². The summed E-state index contributed by atoms with van der Waals surface area (Å²) >= 11 is 0. The van der Waals surface area contributed by atoms with Crippen LogP contribution in [0.2, 0.25) is 0 Å². The van der Waals surface area contributed by atoms with E-state index in [-0.39, 0.29) is 18.4 Å². The Morgan fingerprint density at radius 1 is 1.30 bits per heavy atom. The first-order valence-corrected chi connectivity index (χ1v) is 8.22. The minimum atomic E-state index is -0.467. The first kappa shape index (κ1) is 17.5. The lowest BCUT2D eigenvalue weighted by molar-refractivity contribution is -0.128. The number of rotatable bonds is 3. The largest absolute Gasteiger partial charge is 0.443 e. The maximum Gasteiger partial charge on any atom is 0.276 e. The molecule has 2 heterocycles. The highest BCUT2D eigenvalue weighted by Gasteiger charge is 2.26. The summed E-state index contributed by atoms with van der Waals surface area (Å²) in [5.41, 5.74) is -0.107. The molecule has 1 aromatic heterocycles. The number of aromatic nitrogens is 1. The van der Waals surface area contributed by atoms with Crippen molar-refractivity contribution in [1.29, 1.82) is 0 Å². The molecule has 6 heteroatoms. The van der Waals surface area contributed by atoms with Gasteiger partial charge in [0.05, 0.1) is 6.54 Å². The molecule has 0 aromatic carbocycles. The van der Waals surface area contributed by atoms with E-state index in [4.69, 9.17) is 4.42 Å². The molecule has 0 bridgehead atoms. The quantitative estimate of drug-likeness (QED) is 0.928. The zero-order chi connectivity index (χ0) is 17.2. The number of carbonyl (C=O) groups excluding carboxylic acids is 2. The average Bonchev–Trinajstić information content (AvgIpc) is 2.85. The van der Waals surface area contributed by atoms with Gasteiger partial charge in [-0.15, -0.1) is 0 Å². The number of oxazole rings is 1. The fourth-order valence-corrected chi connectivity index (χ4v) is 2.51. The SMILES string of the molecule is Cc1oc(CNC(=O)C(C)(C)C)nc1C(=O)N1CCC(C)CC1. The van der Waals surface area contributed by atoms with Crippen LogP contribution in [0.15, 0.2) is 4.42 Å². The number of hydrogen-bond donors (Lipinski definition) is 1. The van der Waals surface area contributed by atoms with Gasteiger partial charge in [-0.1, -0.05) is 27.7 Å². The molecule has 0 atom stereocenters. The molecule has 1 aliphatic rings. The lowest BCUT2D eigenvalue weighted by atomic mass is 9.96. The molecule has 1 N–H and O–H groups in total. The van der Waals surface area contributed by atoms with Gasteiger partial charge in [0.15, 0.2) is 5.69 Å². The molecule has 0 spiro atoms. The van der Waals surface area contributed by atoms with E-state index in [1.807, 2.05) is 25.7 Å². The summed E-state index contributed by atoms with van der Waals surface area (Å²) in [5.74, 6) is 1.39. The van der Waals surface area contributed by atoms with E-state index in [9.17, 15) is 9.59 Å². The van der Waals surface area contributed by atoms with Crippen molar-refractivity contribution in [2.24, 2.45) is 11.3 Å². The predicted octanol–water partition coefficient (Wildman–Crippen LogP) is 2.52. The first-order chi connectivity index (χ1) is 10.7. The summed E-state index contributed by atoms with van der Waals surface area (Å²) in [4.78, 5) is 30.6. The van der Waals surface area contributed by atoms with Crippen LogP contribution >= 0.6 is 0 Å². The highest BCUT2D eigenvalue weighted by molar-refractivity contribution is 5.93. The van der Waals surface area contributed by atoms with E-state index in [1.54, 1.807) is 6.92 Å². The van der Waals surface area contributed by atoms with Crippen LogP contribution < -0.4 is 5.32 Å². The van der Waals surface area contributed by atoms with Gasteiger partial charge in [0, 0.05) is 18.5 Å². The first-order valence-electron chi connectivity index (χ1n) is 8.22. The Labute approximate surface area is 137 Å². The lowest BCUT2D eigenvalue weighted by Crippen LogP contribution is -2.38. The Morgan fingerprint density at radius 3 is 2.48 bits per heavy atom. The Morgan fingerprint density at radius 2 is 1.91 bits per heavy atom. The van der Waals surface area contributed by atoms with Crippen molar-refractivity contribution in [2.75, 3.05) is 13.1 Å². The normalized spacial score (nSPS) is 16.5. The third-order valence-electron chi connectivity index (χ3n) is 4.20. The topological polar surface area (TPSA) is 75.4 Å². The number of likely N-dealkylation sites (tertiary alicyclic amines) is 1. The second kappa shape index (κ2) is 6.72. The van der Waals surface area contributed by atoms with Gasteiger partial charge in [0.25, 0.3) is 5.91 Å². The Hall–Kier alpha value is -1.85. The van der Waals surface area contributed by atoms with Gasteiger partial charge < -0.3 is 14.6 Å². The maximum atomic E-state index is 12.6. The Balaban J connectivity index is 2.00. The van der Waals surface area contributed by atoms with Crippen molar-refractivity contribution in [3.63, 3.8) is 0 Å². The number of nitrogens with zero attached hydrogens (tertiary/aromatic N) is 2. The smallest absolute Gasteiger partial charge is 0.276 e. The van der Waals surface area contributed by atoms with Crippen molar-refractivity contribution in [2.45, 2.75) is 54.0 Å². The second-order valence-corrected chi connectivity index (χ2v) is 7.42. The van der Waals surface area contributed by atoms with Crippen LogP contribution in [-0.4, -0.2) is 34.8 Å². The van der Waals surface area contributed by atoms with Crippen LogP contribution in [0.1, 0.15) is 62.7 Å². The van der Waals surface area contributed by atoms with Crippen molar-refractivity contribution in [3.8, 4) is 0 Å². The molecule has 23 heavy (non-hydrogen) atoms. The third kappa shape index (κ3) is 4.33. The second-order valence-electron chi connectivity index (χ2n) is 7.42. The summed E-state index contributed by atoms with van der Waals surface area (Å²) in [6.45, 7) is 11.2. The fraction of sp³-hybridized carbons (Fsp3) is 0.706. The monoisotopic (exact) mass is 321 g/mol. The molecule has 2 rings (SSSR count). The van der Waals surface area contributed by atoms with E-state index in [1.165, 1.54) is 0 Å². The third-order valence-corrected chi connectivity index (χ3v) is 4.20. The summed E-state index contributed by atoms with van der Waals surface area (Å²) in [6, 6.07) is 0. The number of hydrogen-bond acceptors (Lipinski definition) is 4. The Kier molecular flexibility index (Phi) is 5.12. The molecule has 0 radical (unpaired) electrons. The van der Waals surface area contributed by atoms with E-state index < -0.39 is 5.41 Å². The van der Waals surface area contributed by atoms with Gasteiger partial charge in [0.1, 0.15) is 5.76 Å². The minimum Gasteiger partial charge on any atom is -0.443 e. The van der Waals surface area contributed by atoms with Crippen LogP contribution in [-0.2, 0) is 11.3 Å². The van der Waals surface area contributed by atoms with E-state index in [2.05, 4.69) is 17.2 Å². The van der Waals surface area contributed by atoms with Crippen molar-refractivity contribution in [3.05, 3.63) is 17.3 Å². The predicted molar refractivity (Wildman–Crippen MR) is 86.8 cm³/mol. The molecule has 6 nitrogen and oxygen atoms in total. The molecular formula is C17H27N3O3. The van der Waals surface area contributed by atoms with Gasteiger partial charge in [0.2, 0.25) is 11.8 Å². The molecule has 1 fully saturated rings. The zero-order valence-electron chi connectivity index (χ0n) is 14.7. The molecule has 2 amide bonds. The van der Waals surface area contributed by atoms with Gasteiger partial charge >= 0.3 is 0 Å². The maximum absolute atomic E-state index is 12.6. The van der Waals surface area contributed by atoms with Crippen LogP contribution in [0.4, 0.5) is 0 Å². The Bertz CT molecular complexity index is 578. The summed E-state index contributed by atoms with van der Waals surface area (Å²) in [7, 11) is 0. The summed E-state index contributed by atoms with van der Waals surface area (Å²) in [6.07, 6.45) is 2.05. The molecule has 1 saturated heterocycles. The molecule has 1 aromatic rings. The molecule has 0 aliphatic carbocycles. The summed E-state index contributed by atoms with van der Waals surface area (Å²) in [5, 5.41) is 2.78. The molecule has 1 aliphatic heterocycles. The average molecular weight is 321 g/mol. The fourth-order valence-electron chi connectivity index (χ4n) is 2.51. The van der Waals surface area contributed by atoms with E-state index in [0.717, 1.165) is 25.9 Å². The number of piperidine rings is 1. The van der Waals surface area contributed by atoms with Gasteiger partial charge in [-0.05, 0) is 25.7 Å². The van der Waals surface area contributed by atoms with Crippen molar-refractivity contribution >= 4 is 11.8 Å². The van der Waals surface area contributed by atoms with Crippen LogP contribution in [0.5, 0.6) is 0 Å². The highest BCUT2D eigenvalue weighted by Crippen LogP contribution is 2.20. The molecule has 0 unspecified atom stereocenters. The van der Waals surface area contributed by atoms with Crippen LogP contribution in [0, 0.1) is 18.3 Å². The zero-order valence-corrected chi connectivity index (χ0v) is 14.7. The summed E-state index contributed by atoms with van der Waals surface area (Å²) < 4.78 is 5.54. The molecular weight excluding hydrogens is 294 g/mol. The van der Waals surface area contributed by atoms with Crippen LogP contribution in [0.3, 0.4) is 0 Å². The number of amides is 2. The van der Waals surface area contributed by atoms with Crippen molar-refractivity contribution < 1.29 is 14.0 Å². The standard InChI is InChI=1S/C17H27N3O3/c1-11-6-8-20(9-7-11)15(21)14-12(2)23-13(19-14)10-18-16(22)17(3,4)5/h11H,6-10H2,1-5H3,(H,18,22). The number of aryl methyl sites for hydroxylation is 1. The highest BCUT2D eigenvalue weighted by atomic mass is 16.4. The minimum absolute atomic E-state index is 0.0773. The molecule has 128 valence electrons. The van der Waals surface area contributed by atoms with Crippen molar-refractivity contribution in [1.82, 2.24) is 15.2 Å². The molecule has 0 saturated carbocycles. The number of nitrogens with one attached hydrogen (secondary N) is 1. The van der Waals surface area contributed by atoms with Gasteiger partial charge in [-0.3, -0.25) is 9.59 Å². The van der Waals surface area contributed by atoms with E-state index >= 15 is 0 Å².